The van der Waals surface area contributed by atoms with Crippen LogP contribution < -0.4 is 0 Å². The van der Waals surface area contributed by atoms with Crippen molar-refractivity contribution in [1.29, 1.82) is 0 Å². The molecule has 0 N–H and O–H groups in total. The van der Waals surface area contributed by atoms with Gasteiger partial charge in [0.2, 0.25) is 0 Å². The standard InChI is InChI=1S/C19H16O2/c1-14-7-9-16(10-8-14)12-18-13-17(19(20)21-18)11-15-5-3-2-4-6-15/h2-10,12-13H,11H2,1H3/b18-12-. The third-order valence-corrected chi connectivity index (χ3v) is 3.41. The summed E-state index contributed by atoms with van der Waals surface area (Å²) in [5.74, 6) is 0.354. The second-order valence-corrected chi connectivity index (χ2v) is 5.18. The molecule has 0 spiro atoms. The van der Waals surface area contributed by atoms with Gasteiger partial charge in [0.25, 0.3) is 0 Å². The van der Waals surface area contributed by atoms with Crippen LogP contribution >= 0.6 is 0 Å². The highest BCUT2D eigenvalue weighted by molar-refractivity contribution is 5.94. The van der Waals surface area contributed by atoms with Gasteiger partial charge in [0, 0.05) is 12.0 Å². The third-order valence-electron chi connectivity index (χ3n) is 3.41. The smallest absolute Gasteiger partial charge is 0.339 e. The van der Waals surface area contributed by atoms with Gasteiger partial charge in [0.05, 0.1) is 0 Å². The van der Waals surface area contributed by atoms with Gasteiger partial charge in [-0.1, -0.05) is 60.2 Å². The Morgan fingerprint density at radius 2 is 1.71 bits per heavy atom. The number of carbonyl (C=O) groups excluding carboxylic acids is 1. The molecule has 3 rings (SSSR count). The maximum Gasteiger partial charge on any atom is 0.339 e. The van der Waals surface area contributed by atoms with Crippen molar-refractivity contribution in [1.82, 2.24) is 0 Å². The zero-order valence-electron chi connectivity index (χ0n) is 11.9. The Bertz CT molecular complexity index is 707. The molecule has 21 heavy (non-hydrogen) atoms. The first-order valence-corrected chi connectivity index (χ1v) is 6.96. The molecule has 2 heteroatoms. The molecule has 0 atom stereocenters. The molecular formula is C19H16O2. The van der Waals surface area contributed by atoms with Crippen molar-refractivity contribution in [2.24, 2.45) is 0 Å². The summed E-state index contributed by atoms with van der Waals surface area (Å²) in [4.78, 5) is 11.9. The van der Waals surface area contributed by atoms with Gasteiger partial charge in [-0.15, -0.1) is 0 Å². The average Bonchev–Trinajstić information content (AvgIpc) is 2.82. The van der Waals surface area contributed by atoms with E-state index in [0.717, 1.165) is 11.1 Å². The Kier molecular flexibility index (Phi) is 3.69. The molecule has 0 saturated carbocycles. The van der Waals surface area contributed by atoms with Crippen molar-refractivity contribution in [3.05, 3.63) is 88.7 Å². The zero-order chi connectivity index (χ0) is 14.7. The molecule has 2 aromatic rings. The molecule has 0 amide bonds. The van der Waals surface area contributed by atoms with Crippen molar-refractivity contribution < 1.29 is 9.53 Å². The SMILES string of the molecule is Cc1ccc(/C=C2/C=C(Cc3ccccc3)C(=O)O2)cc1. The van der Waals surface area contributed by atoms with Crippen molar-refractivity contribution in [2.45, 2.75) is 13.3 Å². The first-order valence-electron chi connectivity index (χ1n) is 6.96. The quantitative estimate of drug-likeness (QED) is 0.790. The molecule has 1 aliphatic rings. The number of rotatable bonds is 3. The van der Waals surface area contributed by atoms with Crippen LogP contribution in [0.15, 0.2) is 72.0 Å². The van der Waals surface area contributed by atoms with Crippen LogP contribution in [0, 0.1) is 6.92 Å². The molecular weight excluding hydrogens is 260 g/mol. The molecule has 0 aromatic heterocycles. The average molecular weight is 276 g/mol. The fraction of sp³-hybridized carbons (Fsp3) is 0.105. The minimum absolute atomic E-state index is 0.253. The molecule has 104 valence electrons. The fourth-order valence-corrected chi connectivity index (χ4v) is 2.27. The van der Waals surface area contributed by atoms with E-state index in [9.17, 15) is 4.79 Å². The highest BCUT2D eigenvalue weighted by atomic mass is 16.5. The Morgan fingerprint density at radius 3 is 2.43 bits per heavy atom. The molecule has 1 heterocycles. The van der Waals surface area contributed by atoms with Crippen LogP contribution in [0.1, 0.15) is 16.7 Å². The first kappa shape index (κ1) is 13.4. The highest BCUT2D eigenvalue weighted by Gasteiger charge is 2.21. The molecule has 0 fully saturated rings. The Morgan fingerprint density at radius 1 is 1.00 bits per heavy atom. The maximum atomic E-state index is 11.9. The van der Waals surface area contributed by atoms with E-state index in [0.29, 0.717) is 17.8 Å². The van der Waals surface area contributed by atoms with E-state index in [-0.39, 0.29) is 5.97 Å². The minimum atomic E-state index is -0.253. The molecule has 1 aliphatic heterocycles. The molecule has 0 unspecified atom stereocenters. The molecule has 0 bridgehead atoms. The number of esters is 1. The van der Waals surface area contributed by atoms with Crippen LogP contribution in [0.5, 0.6) is 0 Å². The minimum Gasteiger partial charge on any atom is -0.423 e. The lowest BCUT2D eigenvalue weighted by Crippen LogP contribution is -2.01. The summed E-state index contributed by atoms with van der Waals surface area (Å²) >= 11 is 0. The highest BCUT2D eigenvalue weighted by Crippen LogP contribution is 2.22. The lowest BCUT2D eigenvalue weighted by molar-refractivity contribution is -0.133. The summed E-state index contributed by atoms with van der Waals surface area (Å²) in [7, 11) is 0. The maximum absolute atomic E-state index is 11.9. The van der Waals surface area contributed by atoms with Gasteiger partial charge < -0.3 is 4.74 Å². The largest absolute Gasteiger partial charge is 0.423 e. The second-order valence-electron chi connectivity index (χ2n) is 5.18. The van der Waals surface area contributed by atoms with Crippen molar-refractivity contribution in [3.8, 4) is 0 Å². The Balaban J connectivity index is 1.80. The predicted molar refractivity (Wildman–Crippen MR) is 83.5 cm³/mol. The van der Waals surface area contributed by atoms with Crippen LogP contribution in [0.4, 0.5) is 0 Å². The molecule has 0 radical (unpaired) electrons. The van der Waals surface area contributed by atoms with Crippen LogP contribution in [0.25, 0.3) is 6.08 Å². The van der Waals surface area contributed by atoms with E-state index in [4.69, 9.17) is 4.74 Å². The Hall–Kier alpha value is -2.61. The normalized spacial score (nSPS) is 16.0. The summed E-state index contributed by atoms with van der Waals surface area (Å²) in [5, 5.41) is 0. The van der Waals surface area contributed by atoms with Crippen molar-refractivity contribution in [3.63, 3.8) is 0 Å². The molecule has 2 nitrogen and oxygen atoms in total. The van der Waals surface area contributed by atoms with E-state index < -0.39 is 0 Å². The monoisotopic (exact) mass is 276 g/mol. The lowest BCUT2D eigenvalue weighted by atomic mass is 10.1. The van der Waals surface area contributed by atoms with Gasteiger partial charge in [-0.05, 0) is 30.2 Å². The summed E-state index contributed by atoms with van der Waals surface area (Å²) in [6.07, 6.45) is 4.31. The Labute approximate surface area is 124 Å². The number of hydrogen-bond acceptors (Lipinski definition) is 2. The number of ether oxygens (including phenoxy) is 1. The van der Waals surface area contributed by atoms with Crippen LogP contribution in [0.3, 0.4) is 0 Å². The van der Waals surface area contributed by atoms with Crippen LogP contribution in [0.2, 0.25) is 0 Å². The van der Waals surface area contributed by atoms with Crippen molar-refractivity contribution in [2.75, 3.05) is 0 Å². The second kappa shape index (κ2) is 5.80. The van der Waals surface area contributed by atoms with Gasteiger partial charge in [0.15, 0.2) is 0 Å². The number of aryl methyl sites for hydroxylation is 1. The fourth-order valence-electron chi connectivity index (χ4n) is 2.27. The van der Waals surface area contributed by atoms with Crippen molar-refractivity contribution >= 4 is 12.0 Å². The summed E-state index contributed by atoms with van der Waals surface area (Å²) in [6, 6.07) is 18.0. The molecule has 2 aromatic carbocycles. The number of carbonyl (C=O) groups is 1. The van der Waals surface area contributed by atoms with E-state index in [1.165, 1.54) is 5.56 Å². The number of benzene rings is 2. The van der Waals surface area contributed by atoms with E-state index in [2.05, 4.69) is 0 Å². The van der Waals surface area contributed by atoms with Crippen LogP contribution in [-0.2, 0) is 16.0 Å². The number of hydrogen-bond donors (Lipinski definition) is 0. The van der Waals surface area contributed by atoms with Gasteiger partial charge >= 0.3 is 5.97 Å². The van der Waals surface area contributed by atoms with Crippen LogP contribution in [-0.4, -0.2) is 5.97 Å². The van der Waals surface area contributed by atoms with E-state index in [1.807, 2.05) is 73.7 Å². The van der Waals surface area contributed by atoms with E-state index in [1.54, 1.807) is 0 Å². The molecule has 0 aliphatic carbocycles. The topological polar surface area (TPSA) is 26.3 Å². The zero-order valence-corrected chi connectivity index (χ0v) is 11.9. The summed E-state index contributed by atoms with van der Waals surface area (Å²) in [6.45, 7) is 2.05. The molecule has 0 saturated heterocycles. The first-order chi connectivity index (χ1) is 10.2. The van der Waals surface area contributed by atoms with E-state index >= 15 is 0 Å². The van der Waals surface area contributed by atoms with Gasteiger partial charge in [-0.25, -0.2) is 4.79 Å². The van der Waals surface area contributed by atoms with Gasteiger partial charge in [-0.3, -0.25) is 0 Å². The third kappa shape index (κ3) is 3.29. The lowest BCUT2D eigenvalue weighted by Gasteiger charge is -1.99. The summed E-state index contributed by atoms with van der Waals surface area (Å²) < 4.78 is 5.31. The van der Waals surface area contributed by atoms with Gasteiger partial charge in [0.1, 0.15) is 5.76 Å². The number of cyclic esters (lactones) is 1. The number of allylic oxidation sites excluding steroid dienone is 1. The van der Waals surface area contributed by atoms with Gasteiger partial charge in [-0.2, -0.15) is 0 Å². The predicted octanol–water partition coefficient (Wildman–Crippen LogP) is 4.06. The summed E-state index contributed by atoms with van der Waals surface area (Å²) in [5.41, 5.74) is 4.04.